The minimum atomic E-state index is -0.318. The molecular formula is C14H30N2O2. The number of hydrogen-bond donors (Lipinski definition) is 1. The van der Waals surface area contributed by atoms with Gasteiger partial charge in [0.25, 0.3) is 6.47 Å². The lowest BCUT2D eigenvalue weighted by Crippen LogP contribution is -2.43. The second-order valence-corrected chi connectivity index (χ2v) is 6.02. The van der Waals surface area contributed by atoms with Crippen LogP contribution in [0.25, 0.3) is 0 Å². The Morgan fingerprint density at radius 3 is 2.00 bits per heavy atom. The van der Waals surface area contributed by atoms with Gasteiger partial charge in [0, 0.05) is 12.1 Å². The van der Waals surface area contributed by atoms with Gasteiger partial charge in [-0.25, -0.2) is 0 Å². The Kier molecular flexibility index (Phi) is 8.20. The largest absolute Gasteiger partial charge is 0.462 e. The Morgan fingerprint density at radius 2 is 1.78 bits per heavy atom. The fourth-order valence-corrected chi connectivity index (χ4v) is 1.85. The number of likely N-dealkylation sites (tertiary alicyclic amines) is 1. The number of carbonyl (C=O) groups excluding carboxylic acids is 1. The van der Waals surface area contributed by atoms with Crippen molar-refractivity contribution in [1.29, 1.82) is 0 Å². The van der Waals surface area contributed by atoms with Gasteiger partial charge in [0.05, 0.1) is 0 Å². The summed E-state index contributed by atoms with van der Waals surface area (Å²) in [5.74, 6) is 0. The zero-order chi connectivity index (χ0) is 14.2. The Bertz CT molecular complexity index is 216. The molecule has 0 spiro atoms. The summed E-state index contributed by atoms with van der Waals surface area (Å²) in [5, 5.41) is 3.34. The molecule has 1 N–H and O–H groups in total. The first-order valence-electron chi connectivity index (χ1n) is 6.83. The van der Waals surface area contributed by atoms with Crippen LogP contribution in [0.15, 0.2) is 0 Å². The van der Waals surface area contributed by atoms with Gasteiger partial charge in [0.1, 0.15) is 5.60 Å². The molecule has 0 bridgehead atoms. The summed E-state index contributed by atoms with van der Waals surface area (Å²) in [4.78, 5) is 12.1. The molecule has 1 saturated heterocycles. The number of nitrogens with one attached hydrogen (secondary N) is 1. The summed E-state index contributed by atoms with van der Waals surface area (Å²) in [6.07, 6.45) is 2.63. The predicted octanol–water partition coefficient (Wildman–Crippen LogP) is 2.04. The van der Waals surface area contributed by atoms with Gasteiger partial charge >= 0.3 is 0 Å². The Hall–Kier alpha value is -0.610. The van der Waals surface area contributed by atoms with E-state index in [1.807, 2.05) is 20.8 Å². The van der Waals surface area contributed by atoms with Gasteiger partial charge in [-0.2, -0.15) is 0 Å². The highest BCUT2D eigenvalue weighted by Gasteiger charge is 2.18. The van der Waals surface area contributed by atoms with Crippen LogP contribution in [0.1, 0.15) is 47.5 Å². The number of nitrogens with zero attached hydrogens (tertiary/aromatic N) is 1. The van der Waals surface area contributed by atoms with Crippen LogP contribution in [-0.4, -0.2) is 49.2 Å². The molecule has 1 heterocycles. The maximum atomic E-state index is 9.60. The summed E-state index contributed by atoms with van der Waals surface area (Å²) in [5.41, 5.74) is -0.318. The lowest BCUT2D eigenvalue weighted by molar-refractivity contribution is -0.138. The molecule has 1 aliphatic rings. The van der Waals surface area contributed by atoms with Crippen LogP contribution >= 0.6 is 0 Å². The molecule has 0 aromatic carbocycles. The number of carbonyl (C=O) groups is 1. The van der Waals surface area contributed by atoms with Crippen molar-refractivity contribution in [2.45, 2.75) is 65.1 Å². The molecular weight excluding hydrogens is 228 g/mol. The maximum Gasteiger partial charge on any atom is 0.293 e. The quantitative estimate of drug-likeness (QED) is 0.787. The zero-order valence-corrected chi connectivity index (χ0v) is 12.8. The molecule has 0 atom stereocenters. The molecule has 18 heavy (non-hydrogen) atoms. The van der Waals surface area contributed by atoms with Gasteiger partial charge in [-0.05, 0) is 67.6 Å². The van der Waals surface area contributed by atoms with Crippen LogP contribution in [0, 0.1) is 0 Å². The third-order valence-electron chi connectivity index (χ3n) is 3.07. The summed E-state index contributed by atoms with van der Waals surface area (Å²) < 4.78 is 4.55. The van der Waals surface area contributed by atoms with Gasteiger partial charge in [0.2, 0.25) is 0 Å². The van der Waals surface area contributed by atoms with Crippen LogP contribution in [0.3, 0.4) is 0 Å². The minimum Gasteiger partial charge on any atom is -0.462 e. The van der Waals surface area contributed by atoms with Crippen LogP contribution < -0.4 is 5.32 Å². The van der Waals surface area contributed by atoms with Crippen LogP contribution in [0.4, 0.5) is 0 Å². The summed E-state index contributed by atoms with van der Waals surface area (Å²) in [6.45, 7) is 13.0. The van der Waals surface area contributed by atoms with Crippen molar-refractivity contribution < 1.29 is 9.53 Å². The van der Waals surface area contributed by atoms with Crippen LogP contribution in [0.5, 0.6) is 0 Å². The van der Waals surface area contributed by atoms with Gasteiger partial charge in [0.15, 0.2) is 0 Å². The predicted molar refractivity (Wildman–Crippen MR) is 75.7 cm³/mol. The van der Waals surface area contributed by atoms with E-state index in [0.29, 0.717) is 6.47 Å². The highest BCUT2D eigenvalue weighted by molar-refractivity contribution is 5.37. The van der Waals surface area contributed by atoms with E-state index in [4.69, 9.17) is 0 Å². The highest BCUT2D eigenvalue weighted by Crippen LogP contribution is 2.11. The molecule has 0 aromatic rings. The summed E-state index contributed by atoms with van der Waals surface area (Å²) in [7, 11) is 2.07. The number of piperidine rings is 1. The van der Waals surface area contributed by atoms with Crippen molar-refractivity contribution >= 4 is 6.47 Å². The van der Waals surface area contributed by atoms with Crippen molar-refractivity contribution in [3.63, 3.8) is 0 Å². The molecule has 1 rings (SSSR count). The second-order valence-electron chi connectivity index (χ2n) is 6.02. The number of ether oxygens (including phenoxy) is 1. The topological polar surface area (TPSA) is 41.6 Å². The van der Waals surface area contributed by atoms with E-state index >= 15 is 0 Å². The first-order valence-corrected chi connectivity index (χ1v) is 6.83. The maximum absolute atomic E-state index is 9.60. The van der Waals surface area contributed by atoms with Gasteiger partial charge in [-0.3, -0.25) is 4.79 Å². The molecule has 4 nitrogen and oxygen atoms in total. The van der Waals surface area contributed by atoms with E-state index in [2.05, 4.69) is 35.8 Å². The van der Waals surface area contributed by atoms with Crippen molar-refractivity contribution in [1.82, 2.24) is 10.2 Å². The van der Waals surface area contributed by atoms with E-state index in [1.54, 1.807) is 0 Å². The van der Waals surface area contributed by atoms with Gasteiger partial charge in [-0.1, -0.05) is 0 Å². The standard InChI is InChI=1S/C9H20N2.C5H10O2/c1-8(2)11-6-4-9(10-3)5-7-11;1-5(2,3)7-4-6/h8-10H,4-7H2,1-3H3;4H,1-3H3. The normalized spacial score (nSPS) is 18.2. The van der Waals surface area contributed by atoms with E-state index in [9.17, 15) is 4.79 Å². The summed E-state index contributed by atoms with van der Waals surface area (Å²) in [6, 6.07) is 1.50. The van der Waals surface area contributed by atoms with Crippen molar-refractivity contribution in [2.75, 3.05) is 20.1 Å². The second kappa shape index (κ2) is 8.48. The average molecular weight is 258 g/mol. The zero-order valence-electron chi connectivity index (χ0n) is 12.8. The molecule has 1 aliphatic heterocycles. The molecule has 0 amide bonds. The third kappa shape index (κ3) is 8.48. The fraction of sp³-hybridized carbons (Fsp3) is 0.929. The SMILES string of the molecule is CC(C)(C)OC=O.CNC1CCN(C(C)C)CC1. The monoisotopic (exact) mass is 258 g/mol. The molecule has 0 radical (unpaired) electrons. The molecule has 0 aliphatic carbocycles. The lowest BCUT2D eigenvalue weighted by Gasteiger charge is -2.34. The third-order valence-corrected chi connectivity index (χ3v) is 3.07. The van der Waals surface area contributed by atoms with Gasteiger partial charge < -0.3 is 15.0 Å². The van der Waals surface area contributed by atoms with E-state index in [1.165, 1.54) is 25.9 Å². The fourth-order valence-electron chi connectivity index (χ4n) is 1.85. The van der Waals surface area contributed by atoms with Crippen molar-refractivity contribution in [2.24, 2.45) is 0 Å². The number of hydrogen-bond acceptors (Lipinski definition) is 4. The molecule has 0 unspecified atom stereocenters. The Labute approximate surface area is 112 Å². The average Bonchev–Trinajstić information content (AvgIpc) is 2.28. The van der Waals surface area contributed by atoms with E-state index in [-0.39, 0.29) is 5.60 Å². The first-order chi connectivity index (χ1) is 8.30. The van der Waals surface area contributed by atoms with E-state index in [0.717, 1.165) is 12.1 Å². The minimum absolute atomic E-state index is 0.318. The molecule has 1 fully saturated rings. The summed E-state index contributed by atoms with van der Waals surface area (Å²) >= 11 is 0. The van der Waals surface area contributed by atoms with Crippen molar-refractivity contribution in [3.8, 4) is 0 Å². The Morgan fingerprint density at radius 1 is 1.28 bits per heavy atom. The lowest BCUT2D eigenvalue weighted by atomic mass is 10.0. The van der Waals surface area contributed by atoms with Crippen LogP contribution in [0.2, 0.25) is 0 Å². The highest BCUT2D eigenvalue weighted by atomic mass is 16.5. The molecule has 4 heteroatoms. The molecule has 108 valence electrons. The molecule has 0 aromatic heterocycles. The number of rotatable bonds is 3. The first kappa shape index (κ1) is 17.4. The van der Waals surface area contributed by atoms with Crippen LogP contribution in [-0.2, 0) is 9.53 Å². The smallest absolute Gasteiger partial charge is 0.293 e. The molecule has 0 saturated carbocycles. The van der Waals surface area contributed by atoms with Crippen molar-refractivity contribution in [3.05, 3.63) is 0 Å². The van der Waals surface area contributed by atoms with Gasteiger partial charge in [-0.15, -0.1) is 0 Å². The van der Waals surface area contributed by atoms with E-state index < -0.39 is 0 Å². The Balaban J connectivity index is 0.000000360.